The van der Waals surface area contributed by atoms with Crippen molar-refractivity contribution in [1.29, 1.82) is 0 Å². The lowest BCUT2D eigenvalue weighted by Gasteiger charge is -1.93. The second kappa shape index (κ2) is 2.64. The molecule has 0 saturated carbocycles. The summed E-state index contributed by atoms with van der Waals surface area (Å²) in [7, 11) is 0. The summed E-state index contributed by atoms with van der Waals surface area (Å²) in [4.78, 5) is 0. The van der Waals surface area contributed by atoms with E-state index in [1.54, 1.807) is 6.26 Å². The number of hydrogen-bond acceptors (Lipinski definition) is 2. The van der Waals surface area contributed by atoms with Crippen molar-refractivity contribution in [2.45, 2.75) is 13.5 Å². The van der Waals surface area contributed by atoms with Crippen molar-refractivity contribution >= 4 is 11.0 Å². The van der Waals surface area contributed by atoms with Crippen molar-refractivity contribution < 1.29 is 9.52 Å². The maximum atomic E-state index is 8.96. The van der Waals surface area contributed by atoms with E-state index in [1.807, 2.05) is 25.1 Å². The van der Waals surface area contributed by atoms with Crippen LogP contribution in [0.1, 0.15) is 11.1 Å². The van der Waals surface area contributed by atoms with Crippen LogP contribution in [0.5, 0.6) is 0 Å². The van der Waals surface area contributed by atoms with E-state index in [0.717, 1.165) is 16.5 Å². The first kappa shape index (κ1) is 7.37. The SMILES string of the molecule is Cc1ccc2occ(CO)c2c1. The number of rotatable bonds is 1. The van der Waals surface area contributed by atoms with E-state index >= 15 is 0 Å². The van der Waals surface area contributed by atoms with E-state index in [4.69, 9.17) is 9.52 Å². The van der Waals surface area contributed by atoms with E-state index in [2.05, 4.69) is 0 Å². The highest BCUT2D eigenvalue weighted by molar-refractivity contribution is 5.81. The zero-order chi connectivity index (χ0) is 8.55. The molecule has 1 N–H and O–H groups in total. The van der Waals surface area contributed by atoms with E-state index in [-0.39, 0.29) is 6.61 Å². The molecule has 1 aromatic carbocycles. The molecule has 62 valence electrons. The second-order valence-corrected chi connectivity index (χ2v) is 2.92. The van der Waals surface area contributed by atoms with Crippen LogP contribution >= 0.6 is 0 Å². The Morgan fingerprint density at radius 1 is 1.42 bits per heavy atom. The number of aliphatic hydroxyl groups excluding tert-OH is 1. The second-order valence-electron chi connectivity index (χ2n) is 2.92. The molecule has 1 aromatic heterocycles. The number of furan rings is 1. The average Bonchev–Trinajstić information content (AvgIpc) is 2.46. The van der Waals surface area contributed by atoms with Crippen LogP contribution in [0.2, 0.25) is 0 Å². The zero-order valence-electron chi connectivity index (χ0n) is 6.87. The molecule has 2 aromatic rings. The third-order valence-corrected chi connectivity index (χ3v) is 1.98. The van der Waals surface area contributed by atoms with Gasteiger partial charge in [-0.15, -0.1) is 0 Å². The largest absolute Gasteiger partial charge is 0.464 e. The van der Waals surface area contributed by atoms with E-state index < -0.39 is 0 Å². The first-order valence-corrected chi connectivity index (χ1v) is 3.89. The fourth-order valence-electron chi connectivity index (χ4n) is 1.32. The smallest absolute Gasteiger partial charge is 0.134 e. The Labute approximate surface area is 70.4 Å². The predicted molar refractivity (Wildman–Crippen MR) is 46.9 cm³/mol. The molecule has 0 aliphatic rings. The molecule has 0 aliphatic carbocycles. The Hall–Kier alpha value is -1.28. The Kier molecular flexibility index (Phi) is 1.62. The van der Waals surface area contributed by atoms with Crippen molar-refractivity contribution in [2.24, 2.45) is 0 Å². The molecular weight excluding hydrogens is 152 g/mol. The highest BCUT2D eigenvalue weighted by Crippen LogP contribution is 2.21. The molecule has 12 heavy (non-hydrogen) atoms. The topological polar surface area (TPSA) is 33.4 Å². The summed E-state index contributed by atoms with van der Waals surface area (Å²) in [5, 5.41) is 9.97. The Balaban J connectivity index is 2.75. The van der Waals surface area contributed by atoms with Gasteiger partial charge < -0.3 is 9.52 Å². The molecule has 0 atom stereocenters. The van der Waals surface area contributed by atoms with Gasteiger partial charge in [-0.3, -0.25) is 0 Å². The van der Waals surface area contributed by atoms with Crippen LogP contribution in [-0.2, 0) is 6.61 Å². The van der Waals surface area contributed by atoms with Crippen molar-refractivity contribution in [3.8, 4) is 0 Å². The van der Waals surface area contributed by atoms with Crippen LogP contribution < -0.4 is 0 Å². The summed E-state index contributed by atoms with van der Waals surface area (Å²) < 4.78 is 5.23. The minimum absolute atomic E-state index is 0.0381. The van der Waals surface area contributed by atoms with Crippen LogP contribution in [-0.4, -0.2) is 5.11 Å². The zero-order valence-corrected chi connectivity index (χ0v) is 6.87. The molecule has 1 heterocycles. The van der Waals surface area contributed by atoms with Crippen LogP contribution in [0.4, 0.5) is 0 Å². The summed E-state index contributed by atoms with van der Waals surface area (Å²) in [6.07, 6.45) is 1.60. The molecule has 2 rings (SSSR count). The van der Waals surface area contributed by atoms with Crippen molar-refractivity contribution in [3.05, 3.63) is 35.6 Å². The minimum Gasteiger partial charge on any atom is -0.464 e. The Morgan fingerprint density at radius 2 is 2.25 bits per heavy atom. The van der Waals surface area contributed by atoms with Crippen LogP contribution in [0.3, 0.4) is 0 Å². The molecule has 0 aliphatic heterocycles. The molecule has 0 unspecified atom stereocenters. The number of benzene rings is 1. The van der Waals surface area contributed by atoms with Crippen molar-refractivity contribution in [2.75, 3.05) is 0 Å². The van der Waals surface area contributed by atoms with Gasteiger partial charge in [0.25, 0.3) is 0 Å². The number of fused-ring (bicyclic) bond motifs is 1. The summed E-state index contributed by atoms with van der Waals surface area (Å²) in [5.41, 5.74) is 2.87. The summed E-state index contributed by atoms with van der Waals surface area (Å²) in [6, 6.07) is 5.93. The van der Waals surface area contributed by atoms with Gasteiger partial charge in [0, 0.05) is 10.9 Å². The van der Waals surface area contributed by atoms with Gasteiger partial charge in [-0.25, -0.2) is 0 Å². The lowest BCUT2D eigenvalue weighted by atomic mass is 10.1. The number of aryl methyl sites for hydroxylation is 1. The van der Waals surface area contributed by atoms with Gasteiger partial charge >= 0.3 is 0 Å². The number of hydrogen-bond donors (Lipinski definition) is 1. The normalized spacial score (nSPS) is 10.8. The van der Waals surface area contributed by atoms with Crippen molar-refractivity contribution in [1.82, 2.24) is 0 Å². The molecule has 0 radical (unpaired) electrons. The van der Waals surface area contributed by atoms with Crippen LogP contribution in [0.15, 0.2) is 28.9 Å². The van der Waals surface area contributed by atoms with Crippen LogP contribution in [0, 0.1) is 6.92 Å². The maximum absolute atomic E-state index is 8.96. The molecule has 2 nitrogen and oxygen atoms in total. The standard InChI is InChI=1S/C10H10O2/c1-7-2-3-10-9(4-7)8(5-11)6-12-10/h2-4,6,11H,5H2,1H3. The van der Waals surface area contributed by atoms with E-state index in [1.165, 1.54) is 5.56 Å². The lowest BCUT2D eigenvalue weighted by molar-refractivity contribution is 0.281. The Bertz CT molecular complexity index is 401. The van der Waals surface area contributed by atoms with E-state index in [0.29, 0.717) is 0 Å². The maximum Gasteiger partial charge on any atom is 0.134 e. The van der Waals surface area contributed by atoms with Gasteiger partial charge in [-0.05, 0) is 19.1 Å². The van der Waals surface area contributed by atoms with Gasteiger partial charge in [-0.2, -0.15) is 0 Å². The molecule has 0 bridgehead atoms. The first-order valence-electron chi connectivity index (χ1n) is 3.89. The molecule has 0 saturated heterocycles. The lowest BCUT2D eigenvalue weighted by Crippen LogP contribution is -1.79. The fourth-order valence-corrected chi connectivity index (χ4v) is 1.32. The highest BCUT2D eigenvalue weighted by atomic mass is 16.3. The molecule has 0 fully saturated rings. The number of aliphatic hydroxyl groups is 1. The first-order chi connectivity index (χ1) is 5.81. The fraction of sp³-hybridized carbons (Fsp3) is 0.200. The van der Waals surface area contributed by atoms with Gasteiger partial charge in [0.05, 0.1) is 12.9 Å². The highest BCUT2D eigenvalue weighted by Gasteiger charge is 2.03. The summed E-state index contributed by atoms with van der Waals surface area (Å²) in [5.74, 6) is 0. The summed E-state index contributed by atoms with van der Waals surface area (Å²) in [6.45, 7) is 2.06. The third-order valence-electron chi connectivity index (χ3n) is 1.98. The van der Waals surface area contributed by atoms with Gasteiger partial charge in [0.1, 0.15) is 5.58 Å². The van der Waals surface area contributed by atoms with Crippen LogP contribution in [0.25, 0.3) is 11.0 Å². The van der Waals surface area contributed by atoms with E-state index in [9.17, 15) is 0 Å². The van der Waals surface area contributed by atoms with Gasteiger partial charge in [0.15, 0.2) is 0 Å². The monoisotopic (exact) mass is 162 g/mol. The summed E-state index contributed by atoms with van der Waals surface area (Å²) >= 11 is 0. The van der Waals surface area contributed by atoms with Gasteiger partial charge in [-0.1, -0.05) is 11.6 Å². The molecule has 0 spiro atoms. The Morgan fingerprint density at radius 3 is 3.00 bits per heavy atom. The predicted octanol–water partition coefficient (Wildman–Crippen LogP) is 2.23. The average molecular weight is 162 g/mol. The third kappa shape index (κ3) is 1.01. The van der Waals surface area contributed by atoms with Crippen molar-refractivity contribution in [3.63, 3.8) is 0 Å². The minimum atomic E-state index is 0.0381. The molecule has 2 heteroatoms. The van der Waals surface area contributed by atoms with Gasteiger partial charge in [0.2, 0.25) is 0 Å². The molecule has 0 amide bonds. The molecular formula is C10H10O2. The quantitative estimate of drug-likeness (QED) is 0.697.